The fourth-order valence-corrected chi connectivity index (χ4v) is 5.17. The highest BCUT2D eigenvalue weighted by molar-refractivity contribution is 5.97. The van der Waals surface area contributed by atoms with Gasteiger partial charge in [-0.15, -0.1) is 4.80 Å². The molecule has 1 amide bonds. The molecule has 0 aliphatic carbocycles. The fourth-order valence-electron chi connectivity index (χ4n) is 5.17. The van der Waals surface area contributed by atoms with Gasteiger partial charge >= 0.3 is 6.18 Å². The lowest BCUT2D eigenvalue weighted by Gasteiger charge is -2.28. The van der Waals surface area contributed by atoms with Crippen molar-refractivity contribution in [3.05, 3.63) is 54.0 Å². The number of rotatable bonds is 3. The molecule has 3 aliphatic heterocycles. The third-order valence-corrected chi connectivity index (χ3v) is 6.43. The van der Waals surface area contributed by atoms with Crippen LogP contribution in [0.25, 0.3) is 5.69 Å². The van der Waals surface area contributed by atoms with E-state index in [1.165, 1.54) is 17.2 Å². The van der Waals surface area contributed by atoms with Crippen LogP contribution in [0.4, 0.5) is 19.0 Å². The normalized spacial score (nSPS) is 25.9. The molecule has 0 spiro atoms. The summed E-state index contributed by atoms with van der Waals surface area (Å²) in [5.41, 5.74) is 0.669. The van der Waals surface area contributed by atoms with E-state index in [0.717, 1.165) is 30.8 Å². The highest BCUT2D eigenvalue weighted by Crippen LogP contribution is 2.54. The Morgan fingerprint density at radius 1 is 1.00 bits per heavy atom. The van der Waals surface area contributed by atoms with Crippen molar-refractivity contribution in [2.24, 2.45) is 0 Å². The molecule has 9 nitrogen and oxygen atoms in total. The molecule has 12 heteroatoms. The monoisotopic (exact) mass is 442 g/mol. The maximum absolute atomic E-state index is 13.5. The van der Waals surface area contributed by atoms with Gasteiger partial charge in [-0.25, -0.2) is 15.0 Å². The molecule has 6 heterocycles. The second kappa shape index (κ2) is 6.47. The van der Waals surface area contributed by atoms with Crippen LogP contribution in [0.1, 0.15) is 34.6 Å². The summed E-state index contributed by atoms with van der Waals surface area (Å²) in [5.74, 6) is 0.224. The van der Waals surface area contributed by atoms with Gasteiger partial charge in [-0.3, -0.25) is 4.79 Å². The largest absolute Gasteiger partial charge is 0.434 e. The minimum Gasteiger partial charge on any atom is -0.341 e. The van der Waals surface area contributed by atoms with Gasteiger partial charge in [0.05, 0.1) is 49.0 Å². The Bertz CT molecular complexity index is 1180. The van der Waals surface area contributed by atoms with Crippen molar-refractivity contribution in [2.45, 2.75) is 50.1 Å². The first-order valence-corrected chi connectivity index (χ1v) is 10.2. The SMILES string of the molecule is Cc1cnc(C(=O)N2C3CCC2C2C3N2c2cnc(C(F)(F)F)cn2)c(-n2nccn2)c1. The molecule has 32 heavy (non-hydrogen) atoms. The molecule has 164 valence electrons. The lowest BCUT2D eigenvalue weighted by atomic mass is 10.0. The van der Waals surface area contributed by atoms with E-state index in [1.807, 2.05) is 22.8 Å². The van der Waals surface area contributed by atoms with Crippen LogP contribution in [0.3, 0.4) is 0 Å². The number of hydrogen-bond donors (Lipinski definition) is 0. The van der Waals surface area contributed by atoms with E-state index in [0.29, 0.717) is 11.5 Å². The number of carbonyl (C=O) groups excluding carboxylic acids is 1. The predicted octanol–water partition coefficient (Wildman–Crippen LogP) is 2.02. The van der Waals surface area contributed by atoms with E-state index < -0.39 is 11.9 Å². The van der Waals surface area contributed by atoms with Gasteiger partial charge in [0.1, 0.15) is 11.5 Å². The summed E-state index contributed by atoms with van der Waals surface area (Å²) in [5, 5.41) is 8.28. The topological polar surface area (TPSA) is 92.7 Å². The molecule has 6 rings (SSSR count). The Hall–Kier alpha value is -3.57. The highest BCUT2D eigenvalue weighted by atomic mass is 19.4. The Balaban J connectivity index is 1.27. The summed E-state index contributed by atoms with van der Waals surface area (Å²) in [4.78, 5) is 30.6. The van der Waals surface area contributed by atoms with E-state index in [-0.39, 0.29) is 35.8 Å². The molecule has 0 radical (unpaired) electrons. The van der Waals surface area contributed by atoms with Crippen molar-refractivity contribution >= 4 is 11.7 Å². The first-order valence-electron chi connectivity index (χ1n) is 10.2. The van der Waals surface area contributed by atoms with Gasteiger partial charge in [-0.2, -0.15) is 23.4 Å². The second-order valence-corrected chi connectivity index (χ2v) is 8.27. The fraction of sp³-hybridized carbons (Fsp3) is 0.400. The molecule has 0 saturated carbocycles. The molecule has 0 N–H and O–H groups in total. The third-order valence-electron chi connectivity index (χ3n) is 6.43. The van der Waals surface area contributed by atoms with Crippen LogP contribution in [0.5, 0.6) is 0 Å². The maximum atomic E-state index is 13.5. The van der Waals surface area contributed by atoms with Crippen molar-refractivity contribution < 1.29 is 18.0 Å². The van der Waals surface area contributed by atoms with Gasteiger partial charge in [0.15, 0.2) is 11.4 Å². The number of pyridine rings is 1. The molecule has 0 aromatic carbocycles. The lowest BCUT2D eigenvalue weighted by molar-refractivity contribution is -0.141. The van der Waals surface area contributed by atoms with Gasteiger partial charge in [0.25, 0.3) is 5.91 Å². The van der Waals surface area contributed by atoms with Crippen LogP contribution >= 0.6 is 0 Å². The molecule has 3 aliphatic rings. The summed E-state index contributed by atoms with van der Waals surface area (Å²) in [6.07, 6.45) is 3.76. The Morgan fingerprint density at radius 2 is 1.69 bits per heavy atom. The number of alkyl halides is 3. The molecule has 4 atom stereocenters. The Labute approximate surface area is 179 Å². The van der Waals surface area contributed by atoms with Gasteiger partial charge in [0.2, 0.25) is 0 Å². The predicted molar refractivity (Wildman–Crippen MR) is 104 cm³/mol. The van der Waals surface area contributed by atoms with Gasteiger partial charge < -0.3 is 9.80 Å². The van der Waals surface area contributed by atoms with Crippen molar-refractivity contribution in [3.8, 4) is 5.69 Å². The maximum Gasteiger partial charge on any atom is 0.434 e. The van der Waals surface area contributed by atoms with E-state index in [4.69, 9.17) is 0 Å². The third kappa shape index (κ3) is 2.71. The van der Waals surface area contributed by atoms with Crippen molar-refractivity contribution in [2.75, 3.05) is 4.90 Å². The van der Waals surface area contributed by atoms with Crippen LogP contribution in [0.15, 0.2) is 37.1 Å². The number of aryl methyl sites for hydroxylation is 1. The van der Waals surface area contributed by atoms with Crippen molar-refractivity contribution in [1.82, 2.24) is 34.8 Å². The molecule has 3 aromatic rings. The number of nitrogens with zero attached hydrogens (tertiary/aromatic N) is 8. The summed E-state index contributed by atoms with van der Waals surface area (Å²) in [7, 11) is 0. The average molecular weight is 442 g/mol. The van der Waals surface area contributed by atoms with E-state index in [9.17, 15) is 18.0 Å². The minimum atomic E-state index is -4.52. The van der Waals surface area contributed by atoms with Crippen molar-refractivity contribution in [3.63, 3.8) is 0 Å². The molecule has 4 unspecified atom stereocenters. The van der Waals surface area contributed by atoms with E-state index >= 15 is 0 Å². The first-order chi connectivity index (χ1) is 15.3. The Morgan fingerprint density at radius 3 is 2.28 bits per heavy atom. The summed E-state index contributed by atoms with van der Waals surface area (Å²) < 4.78 is 38.4. The van der Waals surface area contributed by atoms with Gasteiger partial charge in [-0.1, -0.05) is 0 Å². The number of piperazine rings is 1. The number of fused-ring (bicyclic) bond motifs is 5. The van der Waals surface area contributed by atoms with Crippen LogP contribution in [-0.2, 0) is 6.18 Å². The molecular weight excluding hydrogens is 425 g/mol. The smallest absolute Gasteiger partial charge is 0.341 e. The number of aromatic nitrogens is 6. The number of anilines is 1. The zero-order valence-corrected chi connectivity index (χ0v) is 16.8. The van der Waals surface area contributed by atoms with Crippen LogP contribution in [-0.4, -0.2) is 64.9 Å². The molecule has 2 bridgehead atoms. The minimum absolute atomic E-state index is 0.0282. The van der Waals surface area contributed by atoms with E-state index in [1.54, 1.807) is 6.20 Å². The van der Waals surface area contributed by atoms with Crippen LogP contribution < -0.4 is 4.90 Å². The molecule has 3 fully saturated rings. The zero-order valence-electron chi connectivity index (χ0n) is 16.8. The Kier molecular flexibility index (Phi) is 3.87. The van der Waals surface area contributed by atoms with E-state index in [2.05, 4.69) is 25.1 Å². The van der Waals surface area contributed by atoms with Gasteiger partial charge in [-0.05, 0) is 31.4 Å². The average Bonchev–Trinajstić information content (AvgIpc) is 3.12. The summed E-state index contributed by atoms with van der Waals surface area (Å²) in [6.45, 7) is 1.88. The summed E-state index contributed by atoms with van der Waals surface area (Å²) >= 11 is 0. The molecule has 3 aromatic heterocycles. The van der Waals surface area contributed by atoms with Crippen molar-refractivity contribution in [1.29, 1.82) is 0 Å². The van der Waals surface area contributed by atoms with Gasteiger partial charge in [0, 0.05) is 6.20 Å². The molecule has 3 saturated heterocycles. The molecular formula is C20H17F3N8O. The van der Waals surface area contributed by atoms with Crippen LogP contribution in [0.2, 0.25) is 0 Å². The second-order valence-electron chi connectivity index (χ2n) is 8.27. The lowest BCUT2D eigenvalue weighted by Crippen LogP contribution is -2.43. The highest BCUT2D eigenvalue weighted by Gasteiger charge is 2.69. The first kappa shape index (κ1) is 19.1. The number of amides is 1. The number of halogens is 3. The number of hydrogen-bond acceptors (Lipinski definition) is 7. The quantitative estimate of drug-likeness (QED) is 0.573. The summed E-state index contributed by atoms with van der Waals surface area (Å²) in [6, 6.07) is 1.77. The zero-order chi connectivity index (χ0) is 22.2. The van der Waals surface area contributed by atoms with Crippen LogP contribution in [0, 0.1) is 6.92 Å². The standard InChI is InChI=1S/C20H17F3N8O/c1-10-6-13(31-27-4-5-28-31)16(26-7-10)19(32)29-11-2-3-12(29)18-17(11)30(18)15-9-24-14(8-25-15)20(21,22)23/h4-9,11-12,17-18H,2-3H2,1H3. The number of carbonyl (C=O) groups is 1.